The van der Waals surface area contributed by atoms with Crippen molar-refractivity contribution in [1.82, 2.24) is 4.90 Å². The number of carboxylic acids is 1. The van der Waals surface area contributed by atoms with Gasteiger partial charge in [-0.2, -0.15) is 0 Å². The maximum Gasteiger partial charge on any atom is 0.371 e. The van der Waals surface area contributed by atoms with Crippen molar-refractivity contribution < 1.29 is 23.3 Å². The molecule has 1 N–H and O–H groups in total. The quantitative estimate of drug-likeness (QED) is 0.833. The van der Waals surface area contributed by atoms with E-state index in [-0.39, 0.29) is 22.5 Å². The number of hydrogen-bond acceptors (Lipinski definition) is 4. The van der Waals surface area contributed by atoms with Gasteiger partial charge in [-0.25, -0.2) is 4.79 Å². The molecule has 0 radical (unpaired) electrons. The summed E-state index contributed by atoms with van der Waals surface area (Å²) in [7, 11) is 1.91. The number of hydrogen-bond donors (Lipinski definition) is 1. The van der Waals surface area contributed by atoms with Gasteiger partial charge < -0.3 is 14.4 Å². The van der Waals surface area contributed by atoms with Gasteiger partial charge in [-0.1, -0.05) is 0 Å². The van der Waals surface area contributed by atoms with Gasteiger partial charge in [0, 0.05) is 26.3 Å². The fraction of sp³-hybridized carbons (Fsp3) is 0.455. The fourth-order valence-corrected chi connectivity index (χ4v) is 2.25. The van der Waals surface area contributed by atoms with Crippen LogP contribution in [0.3, 0.4) is 0 Å². The molecule has 0 bridgehead atoms. The number of aromatic carboxylic acids is 1. The normalized spacial score (nSPS) is 12.1. The first-order chi connectivity index (χ1) is 8.41. The van der Waals surface area contributed by atoms with Crippen molar-refractivity contribution in [1.29, 1.82) is 0 Å². The molecule has 1 heterocycles. The average molecular weight is 273 g/mol. The van der Waals surface area contributed by atoms with Gasteiger partial charge in [0.1, 0.15) is 0 Å². The molecule has 1 amide bonds. The number of rotatable bonds is 6. The molecule has 0 saturated carbocycles. The standard InChI is InChI=1S/C11H15NO5S/c1-12(2)9(13)4-3-7-18(16)10-6-5-8(17-10)11(14)15/h5-6H,3-4,7H2,1-2H3,(H,14,15). The minimum Gasteiger partial charge on any atom is -0.475 e. The zero-order chi connectivity index (χ0) is 13.7. The Labute approximate surface area is 107 Å². The van der Waals surface area contributed by atoms with Crippen LogP contribution in [0.4, 0.5) is 0 Å². The van der Waals surface area contributed by atoms with Gasteiger partial charge in [0.05, 0.1) is 10.8 Å². The molecule has 1 rings (SSSR count). The molecule has 1 unspecified atom stereocenters. The molecule has 18 heavy (non-hydrogen) atoms. The molecule has 1 atom stereocenters. The van der Waals surface area contributed by atoms with E-state index in [1.807, 2.05) is 0 Å². The zero-order valence-electron chi connectivity index (χ0n) is 10.2. The smallest absolute Gasteiger partial charge is 0.371 e. The van der Waals surface area contributed by atoms with Crippen molar-refractivity contribution in [2.24, 2.45) is 0 Å². The number of carbonyl (C=O) groups is 2. The first-order valence-corrected chi connectivity index (χ1v) is 6.65. The first kappa shape index (κ1) is 14.4. The molecule has 0 aliphatic heterocycles. The maximum atomic E-state index is 11.7. The van der Waals surface area contributed by atoms with Crippen LogP contribution in [0.15, 0.2) is 21.6 Å². The van der Waals surface area contributed by atoms with Gasteiger partial charge in [0.2, 0.25) is 11.7 Å². The highest BCUT2D eigenvalue weighted by atomic mass is 32.2. The van der Waals surface area contributed by atoms with Crippen LogP contribution in [0, 0.1) is 0 Å². The molecule has 7 heteroatoms. The van der Waals surface area contributed by atoms with Gasteiger partial charge in [0.25, 0.3) is 0 Å². The third kappa shape index (κ3) is 3.99. The second kappa shape index (κ2) is 6.34. The summed E-state index contributed by atoms with van der Waals surface area (Å²) in [5.41, 5.74) is 0. The van der Waals surface area contributed by atoms with E-state index >= 15 is 0 Å². The summed E-state index contributed by atoms with van der Waals surface area (Å²) in [5.74, 6) is -1.19. The van der Waals surface area contributed by atoms with Crippen molar-refractivity contribution in [2.75, 3.05) is 19.8 Å². The van der Waals surface area contributed by atoms with Gasteiger partial charge >= 0.3 is 5.97 Å². The van der Waals surface area contributed by atoms with Crippen LogP contribution in [0.25, 0.3) is 0 Å². The maximum absolute atomic E-state index is 11.7. The minimum absolute atomic E-state index is 0.0299. The molecular formula is C11H15NO5S. The van der Waals surface area contributed by atoms with E-state index < -0.39 is 16.8 Å². The Kier molecular flexibility index (Phi) is 5.08. The number of nitrogens with zero attached hydrogens (tertiary/aromatic N) is 1. The third-order valence-corrected chi connectivity index (χ3v) is 3.56. The molecule has 0 fully saturated rings. The van der Waals surface area contributed by atoms with Crippen molar-refractivity contribution in [3.63, 3.8) is 0 Å². The number of carboxylic acid groups (broad SMARTS) is 1. The Morgan fingerprint density at radius 1 is 1.39 bits per heavy atom. The predicted molar refractivity (Wildman–Crippen MR) is 64.9 cm³/mol. The highest BCUT2D eigenvalue weighted by Gasteiger charge is 2.14. The van der Waals surface area contributed by atoms with Crippen molar-refractivity contribution in [3.05, 3.63) is 17.9 Å². The Balaban J connectivity index is 2.45. The number of amides is 1. The molecule has 6 nitrogen and oxygen atoms in total. The topological polar surface area (TPSA) is 87.8 Å². The summed E-state index contributed by atoms with van der Waals surface area (Å²) in [6.07, 6.45) is 0.776. The van der Waals surface area contributed by atoms with Crippen molar-refractivity contribution in [3.8, 4) is 0 Å². The Morgan fingerprint density at radius 3 is 2.56 bits per heavy atom. The highest BCUT2D eigenvalue weighted by molar-refractivity contribution is 7.84. The summed E-state index contributed by atoms with van der Waals surface area (Å²) in [6, 6.07) is 2.65. The molecule has 0 aliphatic rings. The van der Waals surface area contributed by atoms with Crippen molar-refractivity contribution in [2.45, 2.75) is 17.9 Å². The molecular weight excluding hydrogens is 258 g/mol. The van der Waals surface area contributed by atoms with Crippen LogP contribution in [0.5, 0.6) is 0 Å². The minimum atomic E-state index is -1.41. The molecule has 1 aromatic rings. The number of carbonyl (C=O) groups excluding carboxylic acids is 1. The molecule has 0 spiro atoms. The van der Waals surface area contributed by atoms with E-state index in [0.717, 1.165) is 0 Å². The summed E-state index contributed by atoms with van der Waals surface area (Å²) in [5, 5.41) is 8.78. The largest absolute Gasteiger partial charge is 0.475 e. The Morgan fingerprint density at radius 2 is 2.06 bits per heavy atom. The summed E-state index contributed by atoms with van der Waals surface area (Å²) >= 11 is 0. The summed E-state index contributed by atoms with van der Waals surface area (Å²) in [4.78, 5) is 23.3. The third-order valence-electron chi connectivity index (χ3n) is 2.24. The van der Waals surface area contributed by atoms with Crippen LogP contribution < -0.4 is 0 Å². The van der Waals surface area contributed by atoms with Gasteiger partial charge in [-0.15, -0.1) is 0 Å². The zero-order valence-corrected chi connectivity index (χ0v) is 11.0. The van der Waals surface area contributed by atoms with E-state index in [0.29, 0.717) is 12.8 Å². The van der Waals surface area contributed by atoms with Crippen LogP contribution >= 0.6 is 0 Å². The van der Waals surface area contributed by atoms with E-state index in [4.69, 9.17) is 9.52 Å². The van der Waals surface area contributed by atoms with E-state index in [1.165, 1.54) is 17.0 Å². The molecule has 0 aromatic carbocycles. The number of furan rings is 1. The predicted octanol–water partition coefficient (Wildman–Crippen LogP) is 0.954. The second-order valence-electron chi connectivity index (χ2n) is 3.87. The Bertz CT molecular complexity index is 466. The van der Waals surface area contributed by atoms with Crippen LogP contribution in [-0.2, 0) is 15.6 Å². The van der Waals surface area contributed by atoms with E-state index in [1.54, 1.807) is 14.1 Å². The lowest BCUT2D eigenvalue weighted by Gasteiger charge is -2.08. The van der Waals surface area contributed by atoms with E-state index in [2.05, 4.69) is 0 Å². The van der Waals surface area contributed by atoms with Crippen molar-refractivity contribution >= 4 is 22.7 Å². The second-order valence-corrected chi connectivity index (χ2v) is 5.37. The first-order valence-electron chi connectivity index (χ1n) is 5.33. The van der Waals surface area contributed by atoms with Gasteiger partial charge in [-0.3, -0.25) is 9.00 Å². The highest BCUT2D eigenvalue weighted by Crippen LogP contribution is 2.13. The van der Waals surface area contributed by atoms with Crippen LogP contribution in [-0.4, -0.2) is 45.9 Å². The summed E-state index contributed by atoms with van der Waals surface area (Å²) in [6.45, 7) is 0. The lowest BCUT2D eigenvalue weighted by atomic mass is 10.3. The monoisotopic (exact) mass is 273 g/mol. The molecule has 0 saturated heterocycles. The van der Waals surface area contributed by atoms with Crippen LogP contribution in [0.1, 0.15) is 23.4 Å². The fourth-order valence-electron chi connectivity index (χ4n) is 1.24. The SMILES string of the molecule is CN(C)C(=O)CCCS(=O)c1ccc(C(=O)O)o1. The molecule has 1 aromatic heterocycles. The van der Waals surface area contributed by atoms with Gasteiger partial charge in [0.15, 0.2) is 5.09 Å². The van der Waals surface area contributed by atoms with Gasteiger partial charge in [-0.05, 0) is 18.6 Å². The average Bonchev–Trinajstić information content (AvgIpc) is 2.77. The lowest BCUT2D eigenvalue weighted by molar-refractivity contribution is -0.128. The van der Waals surface area contributed by atoms with Crippen LogP contribution in [0.2, 0.25) is 0 Å². The Hall–Kier alpha value is -1.63. The molecule has 0 aliphatic carbocycles. The summed E-state index contributed by atoms with van der Waals surface area (Å²) < 4.78 is 16.6. The lowest BCUT2D eigenvalue weighted by Crippen LogP contribution is -2.21. The molecule has 100 valence electrons. The van der Waals surface area contributed by atoms with E-state index in [9.17, 15) is 13.8 Å².